The minimum Gasteiger partial charge on any atom is -0.448 e. The van der Waals surface area contributed by atoms with Crippen molar-refractivity contribution in [2.45, 2.75) is 20.3 Å². The molecule has 0 radical (unpaired) electrons. The summed E-state index contributed by atoms with van der Waals surface area (Å²) in [4.78, 5) is 11.1. The van der Waals surface area contributed by atoms with Gasteiger partial charge in [0.1, 0.15) is 0 Å². The number of halogens is 1. The van der Waals surface area contributed by atoms with Crippen LogP contribution in [0.5, 0.6) is 0 Å². The van der Waals surface area contributed by atoms with E-state index >= 15 is 0 Å². The second-order valence-corrected chi connectivity index (χ2v) is 2.83. The normalized spacial score (nSPS) is 10.1. The summed E-state index contributed by atoms with van der Waals surface area (Å²) in [5.74, 6) is 0. The number of rotatable bonds is 2. The summed E-state index contributed by atoms with van der Waals surface area (Å²) in [6.45, 7) is 3.99. The van der Waals surface area contributed by atoms with Crippen molar-refractivity contribution >= 4 is 17.7 Å². The Morgan fingerprint density at radius 1 is 1.69 bits per heavy atom. The van der Waals surface area contributed by atoms with Gasteiger partial charge in [0, 0.05) is 0 Å². The molecule has 1 aromatic heterocycles. The van der Waals surface area contributed by atoms with Gasteiger partial charge in [-0.25, -0.2) is 4.79 Å². The molecule has 1 rings (SSSR count). The average molecular weight is 203 g/mol. The summed E-state index contributed by atoms with van der Waals surface area (Å²) in [7, 11) is 0. The van der Waals surface area contributed by atoms with Crippen LogP contribution in [0, 0.1) is 0 Å². The fraction of sp³-hybridized carbons (Fsp3) is 0.500. The second-order valence-electron chi connectivity index (χ2n) is 2.42. The van der Waals surface area contributed by atoms with Crippen molar-refractivity contribution in [2.24, 2.45) is 0 Å². The molecule has 0 atom stereocenters. The minimum atomic E-state index is -0.496. The second kappa shape index (κ2) is 4.28. The number of ether oxygens (including phenoxy) is 1. The molecule has 0 aliphatic heterocycles. The number of aromatic nitrogens is 2. The number of hydrogen-bond donors (Lipinski definition) is 0. The first-order chi connectivity index (χ1) is 6.19. The molecule has 0 aliphatic rings. The van der Waals surface area contributed by atoms with Crippen LogP contribution in [-0.4, -0.2) is 22.5 Å². The quantitative estimate of drug-likeness (QED) is 0.738. The van der Waals surface area contributed by atoms with E-state index in [0.29, 0.717) is 23.7 Å². The molecule has 72 valence electrons. The minimum absolute atomic E-state index is 0.331. The maximum atomic E-state index is 11.1. The molecule has 1 aromatic rings. The van der Waals surface area contributed by atoms with E-state index in [1.54, 1.807) is 6.92 Å². The molecular formula is C8H11ClN2O2. The Bertz CT molecular complexity index is 309. The maximum absolute atomic E-state index is 11.1. The number of aryl methyl sites for hydroxylation is 1. The zero-order valence-electron chi connectivity index (χ0n) is 7.58. The van der Waals surface area contributed by atoms with E-state index in [2.05, 4.69) is 5.10 Å². The molecule has 0 amide bonds. The highest BCUT2D eigenvalue weighted by Crippen LogP contribution is 2.14. The van der Waals surface area contributed by atoms with Gasteiger partial charge in [0.05, 0.1) is 23.5 Å². The monoisotopic (exact) mass is 202 g/mol. The SMILES string of the molecule is CCOC(=O)n1cc(Cl)c(CC)n1. The Kier molecular flexibility index (Phi) is 3.31. The first kappa shape index (κ1) is 10.1. The van der Waals surface area contributed by atoms with Crippen molar-refractivity contribution in [3.63, 3.8) is 0 Å². The number of carbonyl (C=O) groups is 1. The molecule has 5 heteroatoms. The Morgan fingerprint density at radius 3 is 2.85 bits per heavy atom. The van der Waals surface area contributed by atoms with E-state index in [1.807, 2.05) is 6.92 Å². The largest absolute Gasteiger partial charge is 0.448 e. The van der Waals surface area contributed by atoms with Gasteiger partial charge in [-0.1, -0.05) is 18.5 Å². The lowest BCUT2D eigenvalue weighted by molar-refractivity contribution is 0.150. The Labute approximate surface area is 81.4 Å². The van der Waals surface area contributed by atoms with Gasteiger partial charge in [0.15, 0.2) is 0 Å². The van der Waals surface area contributed by atoms with Gasteiger partial charge in [0.25, 0.3) is 0 Å². The first-order valence-corrected chi connectivity index (χ1v) is 4.48. The van der Waals surface area contributed by atoms with Crippen molar-refractivity contribution < 1.29 is 9.53 Å². The maximum Gasteiger partial charge on any atom is 0.434 e. The van der Waals surface area contributed by atoms with Crippen molar-refractivity contribution in [3.8, 4) is 0 Å². The van der Waals surface area contributed by atoms with Crippen LogP contribution in [-0.2, 0) is 11.2 Å². The Balaban J connectivity index is 2.84. The van der Waals surface area contributed by atoms with Crippen LogP contribution >= 0.6 is 11.6 Å². The van der Waals surface area contributed by atoms with Gasteiger partial charge in [-0.3, -0.25) is 0 Å². The zero-order valence-corrected chi connectivity index (χ0v) is 8.34. The van der Waals surface area contributed by atoms with Gasteiger partial charge in [-0.05, 0) is 13.3 Å². The highest BCUT2D eigenvalue weighted by Gasteiger charge is 2.10. The van der Waals surface area contributed by atoms with Crippen LogP contribution in [0.1, 0.15) is 19.5 Å². The van der Waals surface area contributed by atoms with E-state index < -0.39 is 6.09 Å². The highest BCUT2D eigenvalue weighted by molar-refractivity contribution is 6.31. The third-order valence-electron chi connectivity index (χ3n) is 1.53. The highest BCUT2D eigenvalue weighted by atomic mass is 35.5. The molecule has 0 saturated carbocycles. The summed E-state index contributed by atoms with van der Waals surface area (Å²) < 4.78 is 5.86. The van der Waals surface area contributed by atoms with Gasteiger partial charge in [0.2, 0.25) is 0 Å². The van der Waals surface area contributed by atoms with Crippen molar-refractivity contribution in [3.05, 3.63) is 16.9 Å². The van der Waals surface area contributed by atoms with E-state index in [-0.39, 0.29) is 0 Å². The van der Waals surface area contributed by atoms with Crippen molar-refractivity contribution in [1.82, 2.24) is 9.78 Å². The predicted molar refractivity (Wildman–Crippen MR) is 49.0 cm³/mol. The van der Waals surface area contributed by atoms with E-state index in [9.17, 15) is 4.79 Å². The summed E-state index contributed by atoms with van der Waals surface area (Å²) in [5.41, 5.74) is 0.703. The van der Waals surface area contributed by atoms with E-state index in [4.69, 9.17) is 16.3 Å². The fourth-order valence-corrected chi connectivity index (χ4v) is 1.18. The number of hydrogen-bond acceptors (Lipinski definition) is 3. The average Bonchev–Trinajstić information content (AvgIpc) is 2.47. The van der Waals surface area contributed by atoms with Gasteiger partial charge < -0.3 is 4.74 Å². The molecule has 0 aromatic carbocycles. The number of nitrogens with zero attached hydrogens (tertiary/aromatic N) is 2. The van der Waals surface area contributed by atoms with Crippen LogP contribution in [0.25, 0.3) is 0 Å². The lowest BCUT2D eigenvalue weighted by Gasteiger charge is -1.98. The van der Waals surface area contributed by atoms with Gasteiger partial charge in [-0.2, -0.15) is 9.78 Å². The van der Waals surface area contributed by atoms with Crippen molar-refractivity contribution in [2.75, 3.05) is 6.61 Å². The molecule has 0 aliphatic carbocycles. The van der Waals surface area contributed by atoms with Gasteiger partial charge >= 0.3 is 6.09 Å². The van der Waals surface area contributed by atoms with Gasteiger partial charge in [-0.15, -0.1) is 0 Å². The third kappa shape index (κ3) is 2.21. The van der Waals surface area contributed by atoms with Crippen LogP contribution in [0.2, 0.25) is 5.02 Å². The molecule has 0 N–H and O–H groups in total. The molecule has 0 unspecified atom stereocenters. The summed E-state index contributed by atoms with van der Waals surface area (Å²) in [6, 6.07) is 0. The smallest absolute Gasteiger partial charge is 0.434 e. The molecule has 0 fully saturated rings. The van der Waals surface area contributed by atoms with Crippen LogP contribution in [0.15, 0.2) is 6.20 Å². The van der Waals surface area contributed by atoms with Crippen LogP contribution in [0.3, 0.4) is 0 Å². The molecule has 13 heavy (non-hydrogen) atoms. The summed E-state index contributed by atoms with van der Waals surface area (Å²) in [6.07, 6.45) is 1.66. The summed E-state index contributed by atoms with van der Waals surface area (Å²) in [5, 5.41) is 4.45. The summed E-state index contributed by atoms with van der Waals surface area (Å²) >= 11 is 5.80. The molecule has 4 nitrogen and oxygen atoms in total. The number of carbonyl (C=O) groups excluding carboxylic acids is 1. The molecular weight excluding hydrogens is 192 g/mol. The van der Waals surface area contributed by atoms with Crippen LogP contribution < -0.4 is 0 Å². The molecule has 0 saturated heterocycles. The Morgan fingerprint density at radius 2 is 2.38 bits per heavy atom. The fourth-order valence-electron chi connectivity index (χ4n) is 0.911. The molecule has 1 heterocycles. The zero-order chi connectivity index (χ0) is 9.84. The lowest BCUT2D eigenvalue weighted by atomic mass is 10.3. The van der Waals surface area contributed by atoms with Crippen LogP contribution in [0.4, 0.5) is 4.79 Å². The van der Waals surface area contributed by atoms with E-state index in [1.165, 1.54) is 6.20 Å². The van der Waals surface area contributed by atoms with Crippen molar-refractivity contribution in [1.29, 1.82) is 0 Å². The standard InChI is InChI=1S/C8H11ClN2O2/c1-3-7-6(9)5-11(10-7)8(12)13-4-2/h5H,3-4H2,1-2H3. The predicted octanol–water partition coefficient (Wildman–Crippen LogP) is 2.10. The molecule has 0 bridgehead atoms. The lowest BCUT2D eigenvalue weighted by Crippen LogP contribution is -2.14. The third-order valence-corrected chi connectivity index (χ3v) is 1.85. The topological polar surface area (TPSA) is 44.1 Å². The first-order valence-electron chi connectivity index (χ1n) is 4.10. The molecule has 0 spiro atoms. The Hall–Kier alpha value is -1.03. The van der Waals surface area contributed by atoms with E-state index in [0.717, 1.165) is 4.68 Å².